The molecule has 0 bridgehead atoms. The van der Waals surface area contributed by atoms with Gasteiger partial charge in [-0.05, 0) is 38.6 Å². The summed E-state index contributed by atoms with van der Waals surface area (Å²) in [5, 5.41) is 5.82. The first-order valence-corrected chi connectivity index (χ1v) is 6.57. The lowest BCUT2D eigenvalue weighted by atomic mass is 10.1. The van der Waals surface area contributed by atoms with Crippen LogP contribution in [0.3, 0.4) is 0 Å². The molecule has 0 saturated heterocycles. The van der Waals surface area contributed by atoms with Crippen molar-refractivity contribution in [3.63, 3.8) is 0 Å². The number of benzene rings is 1. The number of hydrogen-bond acceptors (Lipinski definition) is 4. The van der Waals surface area contributed by atoms with Crippen molar-refractivity contribution in [1.29, 1.82) is 0 Å². The van der Waals surface area contributed by atoms with Gasteiger partial charge in [-0.1, -0.05) is 6.07 Å². The van der Waals surface area contributed by atoms with Crippen LogP contribution in [0.1, 0.15) is 17.7 Å². The van der Waals surface area contributed by atoms with Crippen LogP contribution in [0.5, 0.6) is 0 Å². The quantitative estimate of drug-likeness (QED) is 0.878. The molecule has 2 rings (SSSR count). The minimum absolute atomic E-state index is 0.0160. The van der Waals surface area contributed by atoms with Crippen LogP contribution in [0.15, 0.2) is 28.9 Å². The molecule has 0 atom stereocenters. The van der Waals surface area contributed by atoms with Crippen LogP contribution in [-0.2, 0) is 4.79 Å². The lowest BCUT2D eigenvalue weighted by Crippen LogP contribution is -2.18. The van der Waals surface area contributed by atoms with E-state index < -0.39 is 0 Å². The fourth-order valence-corrected chi connectivity index (χ4v) is 1.87. The Labute approximate surface area is 118 Å². The second kappa shape index (κ2) is 6.34. The first-order chi connectivity index (χ1) is 9.60. The number of aryl methyl sites for hydroxylation is 2. The number of anilines is 1. The van der Waals surface area contributed by atoms with Crippen LogP contribution >= 0.6 is 0 Å². The minimum Gasteiger partial charge on any atom is -0.444 e. The van der Waals surface area contributed by atoms with Gasteiger partial charge in [-0.15, -0.1) is 0 Å². The molecule has 0 aliphatic heterocycles. The highest BCUT2D eigenvalue weighted by Crippen LogP contribution is 2.26. The van der Waals surface area contributed by atoms with Gasteiger partial charge in [0.2, 0.25) is 11.8 Å². The summed E-state index contributed by atoms with van der Waals surface area (Å²) in [6, 6.07) is 5.71. The average molecular weight is 273 g/mol. The number of carbonyl (C=O) groups excluding carboxylic acids is 1. The highest BCUT2D eigenvalue weighted by Gasteiger charge is 2.10. The summed E-state index contributed by atoms with van der Waals surface area (Å²) < 4.78 is 5.42. The van der Waals surface area contributed by atoms with Crippen molar-refractivity contribution in [2.45, 2.75) is 20.3 Å². The molecule has 1 aromatic heterocycles. The van der Waals surface area contributed by atoms with E-state index in [1.807, 2.05) is 39.1 Å². The van der Waals surface area contributed by atoms with Crippen molar-refractivity contribution in [2.24, 2.45) is 0 Å². The van der Waals surface area contributed by atoms with Crippen molar-refractivity contribution in [3.8, 4) is 11.5 Å². The third-order valence-electron chi connectivity index (χ3n) is 2.97. The Morgan fingerprint density at radius 3 is 2.80 bits per heavy atom. The Bertz CT molecular complexity index is 605. The molecule has 1 heterocycles. The van der Waals surface area contributed by atoms with Crippen molar-refractivity contribution in [2.75, 3.05) is 18.9 Å². The molecule has 1 amide bonds. The fraction of sp³-hybridized carbons (Fsp3) is 0.333. The summed E-state index contributed by atoms with van der Waals surface area (Å²) in [5.74, 6) is 0.559. The Hall–Kier alpha value is -2.14. The second-order valence-corrected chi connectivity index (χ2v) is 4.73. The van der Waals surface area contributed by atoms with E-state index in [2.05, 4.69) is 15.6 Å². The molecule has 20 heavy (non-hydrogen) atoms. The van der Waals surface area contributed by atoms with E-state index in [1.54, 1.807) is 6.26 Å². The lowest BCUT2D eigenvalue weighted by molar-refractivity contribution is -0.116. The normalized spacial score (nSPS) is 10.6. The van der Waals surface area contributed by atoms with E-state index in [0.29, 0.717) is 18.9 Å². The number of rotatable bonds is 5. The molecular weight excluding hydrogens is 254 g/mol. The number of nitrogens with zero attached hydrogens (tertiary/aromatic N) is 1. The van der Waals surface area contributed by atoms with Crippen LogP contribution in [0.25, 0.3) is 11.5 Å². The van der Waals surface area contributed by atoms with Gasteiger partial charge in [0.05, 0.1) is 5.69 Å². The van der Waals surface area contributed by atoms with Gasteiger partial charge >= 0.3 is 0 Å². The van der Waals surface area contributed by atoms with Gasteiger partial charge in [-0.3, -0.25) is 4.79 Å². The zero-order valence-corrected chi connectivity index (χ0v) is 12.0. The average Bonchev–Trinajstić information content (AvgIpc) is 2.85. The molecule has 106 valence electrons. The standard InChI is InChI=1S/C15H19N3O2/c1-10-4-5-12(18-14(19)6-7-16-3)8-13(10)15-17-11(2)9-20-15/h4-5,8-9,16H,6-7H2,1-3H3,(H,18,19). The molecule has 0 radical (unpaired) electrons. The van der Waals surface area contributed by atoms with Crippen LogP contribution in [-0.4, -0.2) is 24.5 Å². The number of nitrogens with one attached hydrogen (secondary N) is 2. The van der Waals surface area contributed by atoms with E-state index in [-0.39, 0.29) is 5.91 Å². The molecule has 0 spiro atoms. The summed E-state index contributed by atoms with van der Waals surface area (Å²) in [7, 11) is 1.82. The Balaban J connectivity index is 2.18. The van der Waals surface area contributed by atoms with E-state index in [1.165, 1.54) is 0 Å². The van der Waals surface area contributed by atoms with Crippen LogP contribution in [0.4, 0.5) is 5.69 Å². The van der Waals surface area contributed by atoms with Gasteiger partial charge in [-0.25, -0.2) is 4.98 Å². The lowest BCUT2D eigenvalue weighted by Gasteiger charge is -2.08. The van der Waals surface area contributed by atoms with Crippen molar-refractivity contribution in [1.82, 2.24) is 10.3 Å². The van der Waals surface area contributed by atoms with Crippen molar-refractivity contribution >= 4 is 11.6 Å². The van der Waals surface area contributed by atoms with Gasteiger partial charge in [0.15, 0.2) is 0 Å². The Morgan fingerprint density at radius 2 is 2.15 bits per heavy atom. The minimum atomic E-state index is -0.0160. The molecule has 0 aliphatic rings. The molecule has 2 aromatic rings. The smallest absolute Gasteiger partial charge is 0.226 e. The highest BCUT2D eigenvalue weighted by atomic mass is 16.3. The largest absolute Gasteiger partial charge is 0.444 e. The van der Waals surface area contributed by atoms with E-state index in [9.17, 15) is 4.79 Å². The van der Waals surface area contributed by atoms with E-state index in [0.717, 1.165) is 22.5 Å². The van der Waals surface area contributed by atoms with E-state index in [4.69, 9.17) is 4.42 Å². The van der Waals surface area contributed by atoms with Gasteiger partial charge in [-0.2, -0.15) is 0 Å². The number of carbonyl (C=O) groups is 1. The molecule has 0 unspecified atom stereocenters. The maximum atomic E-state index is 11.7. The molecule has 2 N–H and O–H groups in total. The SMILES string of the molecule is CNCCC(=O)Nc1ccc(C)c(-c2nc(C)co2)c1. The third-order valence-corrected chi connectivity index (χ3v) is 2.97. The van der Waals surface area contributed by atoms with Crippen LogP contribution < -0.4 is 10.6 Å². The van der Waals surface area contributed by atoms with Gasteiger partial charge in [0, 0.05) is 24.2 Å². The second-order valence-electron chi connectivity index (χ2n) is 4.73. The summed E-state index contributed by atoms with van der Waals surface area (Å²) in [5.41, 5.74) is 3.54. The van der Waals surface area contributed by atoms with Crippen molar-refractivity contribution < 1.29 is 9.21 Å². The molecule has 0 fully saturated rings. The molecule has 0 aliphatic carbocycles. The maximum absolute atomic E-state index is 11.7. The number of oxazole rings is 1. The highest BCUT2D eigenvalue weighted by molar-refractivity contribution is 5.91. The Kier molecular flexibility index (Phi) is 4.53. The summed E-state index contributed by atoms with van der Waals surface area (Å²) in [6.45, 7) is 4.52. The first-order valence-electron chi connectivity index (χ1n) is 6.57. The summed E-state index contributed by atoms with van der Waals surface area (Å²) in [6.07, 6.45) is 2.06. The monoisotopic (exact) mass is 273 g/mol. The molecule has 5 heteroatoms. The summed E-state index contributed by atoms with van der Waals surface area (Å²) in [4.78, 5) is 16.0. The third kappa shape index (κ3) is 3.45. The zero-order chi connectivity index (χ0) is 14.5. The van der Waals surface area contributed by atoms with Gasteiger partial charge < -0.3 is 15.1 Å². The van der Waals surface area contributed by atoms with Gasteiger partial charge in [0.1, 0.15) is 6.26 Å². The molecule has 0 saturated carbocycles. The zero-order valence-electron chi connectivity index (χ0n) is 12.0. The number of amides is 1. The number of hydrogen-bond donors (Lipinski definition) is 2. The van der Waals surface area contributed by atoms with Crippen molar-refractivity contribution in [3.05, 3.63) is 35.7 Å². The Morgan fingerprint density at radius 1 is 1.35 bits per heavy atom. The predicted molar refractivity (Wildman–Crippen MR) is 78.6 cm³/mol. The maximum Gasteiger partial charge on any atom is 0.226 e. The molecular formula is C15H19N3O2. The first kappa shape index (κ1) is 14.3. The molecule has 5 nitrogen and oxygen atoms in total. The fourth-order valence-electron chi connectivity index (χ4n) is 1.87. The van der Waals surface area contributed by atoms with Crippen LogP contribution in [0, 0.1) is 13.8 Å². The topological polar surface area (TPSA) is 67.2 Å². The van der Waals surface area contributed by atoms with Crippen LogP contribution in [0.2, 0.25) is 0 Å². The summed E-state index contributed by atoms with van der Waals surface area (Å²) >= 11 is 0. The number of aromatic nitrogens is 1. The van der Waals surface area contributed by atoms with Gasteiger partial charge in [0.25, 0.3) is 0 Å². The van der Waals surface area contributed by atoms with E-state index >= 15 is 0 Å². The predicted octanol–water partition coefficient (Wildman–Crippen LogP) is 2.51. The molecule has 1 aromatic carbocycles.